The van der Waals surface area contributed by atoms with Crippen molar-refractivity contribution in [2.24, 2.45) is 17.3 Å². The fourth-order valence-corrected chi connectivity index (χ4v) is 5.46. The van der Waals surface area contributed by atoms with Gasteiger partial charge in [-0.1, -0.05) is 20.3 Å². The summed E-state index contributed by atoms with van der Waals surface area (Å²) in [5.74, 6) is 1.26. The van der Waals surface area contributed by atoms with Crippen molar-refractivity contribution in [3.05, 3.63) is 29.3 Å². The zero-order chi connectivity index (χ0) is 18.6. The van der Waals surface area contributed by atoms with E-state index in [-0.39, 0.29) is 22.9 Å². The largest absolute Gasteiger partial charge is 0.416 e. The molecule has 1 unspecified atom stereocenters. The summed E-state index contributed by atoms with van der Waals surface area (Å²) >= 11 is 0. The summed E-state index contributed by atoms with van der Waals surface area (Å²) in [4.78, 5) is -0.286. The van der Waals surface area contributed by atoms with Crippen molar-refractivity contribution < 1.29 is 21.6 Å². The van der Waals surface area contributed by atoms with Crippen LogP contribution in [0.25, 0.3) is 0 Å². The fraction of sp³-hybridized carbons (Fsp3) is 0.667. The minimum Gasteiger partial charge on any atom is -0.309 e. The second kappa shape index (κ2) is 5.98. The normalized spacial score (nSPS) is 28.5. The number of hydrogen-bond donors (Lipinski definition) is 1. The predicted octanol–water partition coefficient (Wildman–Crippen LogP) is 4.02. The third-order valence-corrected chi connectivity index (χ3v) is 7.09. The lowest BCUT2D eigenvalue weighted by Crippen LogP contribution is -2.61. The van der Waals surface area contributed by atoms with Gasteiger partial charge in [0.25, 0.3) is 0 Å². The van der Waals surface area contributed by atoms with E-state index in [0.717, 1.165) is 18.7 Å². The van der Waals surface area contributed by atoms with E-state index in [1.165, 1.54) is 18.9 Å². The van der Waals surface area contributed by atoms with Crippen LogP contribution in [0.15, 0.2) is 23.1 Å². The van der Waals surface area contributed by atoms with Gasteiger partial charge in [0.15, 0.2) is 9.84 Å². The molecule has 0 amide bonds. The SMILES string of the molecule is CC1(C)C(NCc2cc(C(F)(F)F)cc(S(C)(=O)=O)c2)[C@@H]2CCC[C@@H]21. The molecule has 3 nitrogen and oxygen atoms in total. The van der Waals surface area contributed by atoms with Crippen LogP contribution in [0.5, 0.6) is 0 Å². The Morgan fingerprint density at radius 1 is 1.20 bits per heavy atom. The van der Waals surface area contributed by atoms with Crippen molar-refractivity contribution in [3.8, 4) is 0 Å². The summed E-state index contributed by atoms with van der Waals surface area (Å²) in [6.45, 7) is 4.64. The van der Waals surface area contributed by atoms with E-state index in [4.69, 9.17) is 0 Å². The summed E-state index contributed by atoms with van der Waals surface area (Å²) in [6, 6.07) is 3.35. The van der Waals surface area contributed by atoms with E-state index in [2.05, 4.69) is 19.2 Å². The Morgan fingerprint density at radius 2 is 1.88 bits per heavy atom. The van der Waals surface area contributed by atoms with Crippen molar-refractivity contribution >= 4 is 9.84 Å². The van der Waals surface area contributed by atoms with Gasteiger partial charge in [0.2, 0.25) is 0 Å². The van der Waals surface area contributed by atoms with Gasteiger partial charge in [-0.15, -0.1) is 0 Å². The van der Waals surface area contributed by atoms with E-state index in [0.29, 0.717) is 23.5 Å². The predicted molar refractivity (Wildman–Crippen MR) is 89.8 cm³/mol. The van der Waals surface area contributed by atoms with Crippen LogP contribution in [-0.4, -0.2) is 20.7 Å². The maximum absolute atomic E-state index is 13.1. The Hall–Kier alpha value is -1.08. The summed E-state index contributed by atoms with van der Waals surface area (Å²) in [7, 11) is -3.70. The highest BCUT2D eigenvalue weighted by atomic mass is 32.2. The molecule has 0 aromatic heterocycles. The van der Waals surface area contributed by atoms with Gasteiger partial charge >= 0.3 is 6.18 Å². The minimum absolute atomic E-state index is 0.127. The number of nitrogens with one attached hydrogen (secondary N) is 1. The molecular formula is C18H24F3NO2S. The van der Waals surface area contributed by atoms with Crippen LogP contribution < -0.4 is 5.32 Å². The van der Waals surface area contributed by atoms with Crippen LogP contribution in [0.4, 0.5) is 13.2 Å². The fourth-order valence-electron chi connectivity index (χ4n) is 4.76. The molecule has 0 radical (unpaired) electrons. The Bertz CT molecular complexity index is 771. The molecule has 3 rings (SSSR count). The molecule has 0 aliphatic heterocycles. The van der Waals surface area contributed by atoms with Gasteiger partial charge in [0, 0.05) is 18.8 Å². The van der Waals surface area contributed by atoms with E-state index in [1.54, 1.807) is 0 Å². The number of halogens is 3. The molecule has 2 fully saturated rings. The Kier molecular flexibility index (Phi) is 4.47. The molecule has 0 heterocycles. The molecule has 2 aliphatic rings. The topological polar surface area (TPSA) is 46.2 Å². The molecule has 140 valence electrons. The minimum atomic E-state index is -4.57. The van der Waals surface area contributed by atoms with Crippen LogP contribution in [0.1, 0.15) is 44.2 Å². The summed E-state index contributed by atoms with van der Waals surface area (Å²) < 4.78 is 62.8. The first-order chi connectivity index (χ1) is 11.4. The van der Waals surface area contributed by atoms with Crippen LogP contribution in [-0.2, 0) is 22.6 Å². The van der Waals surface area contributed by atoms with Gasteiger partial charge in [-0.05, 0) is 53.9 Å². The highest BCUT2D eigenvalue weighted by molar-refractivity contribution is 7.90. The van der Waals surface area contributed by atoms with E-state index >= 15 is 0 Å². The van der Waals surface area contributed by atoms with Crippen molar-refractivity contribution in [1.29, 1.82) is 0 Å². The Labute approximate surface area is 146 Å². The van der Waals surface area contributed by atoms with Gasteiger partial charge in [-0.3, -0.25) is 0 Å². The first-order valence-electron chi connectivity index (χ1n) is 8.55. The second-order valence-corrected chi connectivity index (χ2v) is 10.0. The van der Waals surface area contributed by atoms with Gasteiger partial charge in [-0.2, -0.15) is 13.2 Å². The van der Waals surface area contributed by atoms with Crippen LogP contribution >= 0.6 is 0 Å². The first-order valence-corrected chi connectivity index (χ1v) is 10.4. The first kappa shape index (κ1) is 18.7. The molecule has 3 atom stereocenters. The molecule has 1 N–H and O–H groups in total. The zero-order valence-corrected chi connectivity index (χ0v) is 15.5. The summed E-state index contributed by atoms with van der Waals surface area (Å²) in [5.41, 5.74) is -0.436. The maximum atomic E-state index is 13.1. The quantitative estimate of drug-likeness (QED) is 0.865. The maximum Gasteiger partial charge on any atom is 0.416 e. The molecule has 1 aromatic carbocycles. The molecule has 1 aromatic rings. The van der Waals surface area contributed by atoms with Gasteiger partial charge < -0.3 is 5.32 Å². The Morgan fingerprint density at radius 3 is 2.48 bits per heavy atom. The van der Waals surface area contributed by atoms with Gasteiger partial charge in [0.1, 0.15) is 0 Å². The number of benzene rings is 1. The molecule has 0 spiro atoms. The molecule has 0 saturated heterocycles. The molecule has 2 saturated carbocycles. The van der Waals surface area contributed by atoms with Crippen molar-refractivity contribution in [3.63, 3.8) is 0 Å². The van der Waals surface area contributed by atoms with Crippen molar-refractivity contribution in [2.45, 2.75) is 56.8 Å². The highest BCUT2D eigenvalue weighted by Crippen LogP contribution is 2.58. The zero-order valence-electron chi connectivity index (χ0n) is 14.7. The van der Waals surface area contributed by atoms with Crippen LogP contribution in [0.3, 0.4) is 0 Å². The van der Waals surface area contributed by atoms with Crippen LogP contribution in [0, 0.1) is 17.3 Å². The molecule has 0 bridgehead atoms. The third-order valence-electron chi connectivity index (χ3n) is 6.00. The molecule has 25 heavy (non-hydrogen) atoms. The van der Waals surface area contributed by atoms with Crippen LogP contribution in [0.2, 0.25) is 0 Å². The molecule has 7 heteroatoms. The second-order valence-electron chi connectivity index (χ2n) is 8.02. The lowest BCUT2D eigenvalue weighted by atomic mass is 9.53. The summed E-state index contributed by atoms with van der Waals surface area (Å²) in [5, 5.41) is 3.39. The average Bonchev–Trinajstić information content (AvgIpc) is 2.92. The number of rotatable bonds is 4. The lowest BCUT2D eigenvalue weighted by Gasteiger charge is -2.56. The highest BCUT2D eigenvalue weighted by Gasteiger charge is 2.57. The van der Waals surface area contributed by atoms with E-state index < -0.39 is 21.6 Å². The number of alkyl halides is 3. The third kappa shape index (κ3) is 3.45. The standard InChI is InChI=1S/C18H24F3NO2S/c1-17(2)15-6-4-5-14(15)16(17)22-10-11-7-12(18(19,20)21)9-13(8-11)25(3,23)24/h7-9,14-16,22H,4-6,10H2,1-3H3/t14-,15+,16?/m1/s1. The number of fused-ring (bicyclic) bond motifs is 1. The monoisotopic (exact) mass is 375 g/mol. The van der Waals surface area contributed by atoms with Gasteiger partial charge in [-0.25, -0.2) is 8.42 Å². The Balaban J connectivity index is 1.83. The lowest BCUT2D eigenvalue weighted by molar-refractivity contribution is -0.137. The molecular weight excluding hydrogens is 351 g/mol. The average molecular weight is 375 g/mol. The molecule has 2 aliphatic carbocycles. The van der Waals surface area contributed by atoms with Crippen molar-refractivity contribution in [2.75, 3.05) is 6.26 Å². The van der Waals surface area contributed by atoms with Crippen molar-refractivity contribution in [1.82, 2.24) is 5.32 Å². The number of hydrogen-bond acceptors (Lipinski definition) is 3. The number of sulfone groups is 1. The van der Waals surface area contributed by atoms with E-state index in [9.17, 15) is 21.6 Å². The summed E-state index contributed by atoms with van der Waals surface area (Å²) in [6.07, 6.45) is -0.0566. The van der Waals surface area contributed by atoms with E-state index in [1.807, 2.05) is 0 Å². The van der Waals surface area contributed by atoms with Gasteiger partial charge in [0.05, 0.1) is 10.5 Å². The smallest absolute Gasteiger partial charge is 0.309 e.